The fraction of sp³-hybridized carbons (Fsp3) is 0.417. The minimum absolute atomic E-state index is 0.300. The molecule has 1 aromatic rings. The summed E-state index contributed by atoms with van der Waals surface area (Å²) in [6.07, 6.45) is 3.87. The Bertz CT molecular complexity index is 290. The summed E-state index contributed by atoms with van der Waals surface area (Å²) in [6, 6.07) is 8.10. The number of rotatable bonds is 5. The number of carbonyl (C=O) groups is 1. The largest absolute Gasteiger partial charge is 0.281 e. The minimum Gasteiger partial charge on any atom is -0.281 e. The van der Waals surface area contributed by atoms with Gasteiger partial charge in [-0.3, -0.25) is 4.79 Å². The molecule has 0 spiro atoms. The molecule has 0 heterocycles. The molecule has 0 fully saturated rings. The van der Waals surface area contributed by atoms with Crippen molar-refractivity contribution in [2.24, 2.45) is 0 Å². The fourth-order valence-corrected chi connectivity index (χ4v) is 1.52. The van der Waals surface area contributed by atoms with Crippen LogP contribution >= 0.6 is 11.6 Å². The van der Waals surface area contributed by atoms with Crippen LogP contribution in [0.1, 0.15) is 30.9 Å². The Morgan fingerprint density at radius 3 is 2.29 bits per heavy atom. The number of carbonyl (C=O) groups excluding carboxylic acids is 1. The van der Waals surface area contributed by atoms with Gasteiger partial charge in [-0.1, -0.05) is 37.6 Å². The third kappa shape index (κ3) is 3.93. The van der Waals surface area contributed by atoms with Crippen molar-refractivity contribution in [3.8, 4) is 0 Å². The van der Waals surface area contributed by atoms with Crippen LogP contribution in [0.4, 0.5) is 0 Å². The highest BCUT2D eigenvalue weighted by atomic mass is 35.5. The summed E-state index contributed by atoms with van der Waals surface area (Å²) >= 11 is 5.30. The average molecular weight is 211 g/mol. The molecule has 14 heavy (non-hydrogen) atoms. The zero-order chi connectivity index (χ0) is 10.4. The van der Waals surface area contributed by atoms with Gasteiger partial charge in [0.05, 0.1) is 0 Å². The first-order valence-corrected chi connectivity index (χ1v) is 5.36. The van der Waals surface area contributed by atoms with Gasteiger partial charge in [0.15, 0.2) is 0 Å². The van der Waals surface area contributed by atoms with Gasteiger partial charge in [-0.05, 0) is 35.6 Å². The van der Waals surface area contributed by atoms with E-state index in [2.05, 4.69) is 19.1 Å². The number of hydrogen-bond acceptors (Lipinski definition) is 1. The second kappa shape index (κ2) is 5.82. The van der Waals surface area contributed by atoms with Crippen molar-refractivity contribution in [1.82, 2.24) is 0 Å². The SMILES string of the molecule is CCCCc1ccc(CC(=O)Cl)cc1. The molecule has 0 atom stereocenters. The molecule has 0 N–H and O–H groups in total. The Hall–Kier alpha value is -0.820. The lowest BCUT2D eigenvalue weighted by atomic mass is 10.1. The molecule has 0 bridgehead atoms. The number of benzene rings is 1. The van der Waals surface area contributed by atoms with Crippen LogP contribution in [0.2, 0.25) is 0 Å². The lowest BCUT2D eigenvalue weighted by Crippen LogP contribution is -1.93. The summed E-state index contributed by atoms with van der Waals surface area (Å²) in [7, 11) is 0. The number of unbranched alkanes of at least 4 members (excludes halogenated alkanes) is 1. The lowest BCUT2D eigenvalue weighted by Gasteiger charge is -2.01. The van der Waals surface area contributed by atoms with Crippen LogP contribution in [0.5, 0.6) is 0 Å². The number of hydrogen-bond donors (Lipinski definition) is 0. The van der Waals surface area contributed by atoms with Crippen LogP contribution in [0.15, 0.2) is 24.3 Å². The first-order valence-electron chi connectivity index (χ1n) is 4.98. The Kier molecular flexibility index (Phi) is 4.68. The molecule has 1 rings (SSSR count). The van der Waals surface area contributed by atoms with Crippen LogP contribution in [0, 0.1) is 0 Å². The first-order chi connectivity index (χ1) is 6.72. The van der Waals surface area contributed by atoms with Gasteiger partial charge in [-0.2, -0.15) is 0 Å². The normalized spacial score (nSPS) is 10.1. The molecular weight excluding hydrogens is 196 g/mol. The topological polar surface area (TPSA) is 17.1 Å². The van der Waals surface area contributed by atoms with E-state index in [4.69, 9.17) is 11.6 Å². The maximum absolute atomic E-state index is 10.6. The van der Waals surface area contributed by atoms with Crippen molar-refractivity contribution >= 4 is 16.8 Å². The predicted molar refractivity (Wildman–Crippen MR) is 59.6 cm³/mol. The Labute approximate surface area is 90.1 Å². The maximum Gasteiger partial charge on any atom is 0.226 e. The second-order valence-electron chi connectivity index (χ2n) is 3.45. The molecule has 0 amide bonds. The van der Waals surface area contributed by atoms with Crippen molar-refractivity contribution in [2.75, 3.05) is 0 Å². The molecular formula is C12H15ClO. The van der Waals surface area contributed by atoms with Gasteiger partial charge in [-0.25, -0.2) is 0 Å². The Balaban J connectivity index is 2.54. The van der Waals surface area contributed by atoms with Gasteiger partial charge < -0.3 is 0 Å². The van der Waals surface area contributed by atoms with Crippen LogP contribution in [-0.4, -0.2) is 5.24 Å². The standard InChI is InChI=1S/C12H15ClO/c1-2-3-4-10-5-7-11(8-6-10)9-12(13)14/h5-8H,2-4,9H2,1H3. The van der Waals surface area contributed by atoms with Crippen molar-refractivity contribution < 1.29 is 4.79 Å². The monoisotopic (exact) mass is 210 g/mol. The molecule has 0 radical (unpaired) electrons. The molecule has 0 aliphatic heterocycles. The van der Waals surface area contributed by atoms with E-state index >= 15 is 0 Å². The summed E-state index contributed by atoms with van der Waals surface area (Å²) in [6.45, 7) is 2.18. The van der Waals surface area contributed by atoms with Crippen molar-refractivity contribution in [2.45, 2.75) is 32.6 Å². The van der Waals surface area contributed by atoms with Crippen LogP contribution in [-0.2, 0) is 17.6 Å². The summed E-state index contributed by atoms with van der Waals surface area (Å²) in [5, 5.41) is -0.300. The van der Waals surface area contributed by atoms with Crippen molar-refractivity contribution in [1.29, 1.82) is 0 Å². The predicted octanol–water partition coefficient (Wildman–Crippen LogP) is 3.34. The second-order valence-corrected chi connectivity index (χ2v) is 3.87. The van der Waals surface area contributed by atoms with E-state index in [1.54, 1.807) is 0 Å². The zero-order valence-electron chi connectivity index (χ0n) is 8.42. The summed E-state index contributed by atoms with van der Waals surface area (Å²) in [4.78, 5) is 10.6. The van der Waals surface area contributed by atoms with E-state index in [9.17, 15) is 4.79 Å². The van der Waals surface area contributed by atoms with Crippen LogP contribution in [0.25, 0.3) is 0 Å². The third-order valence-electron chi connectivity index (χ3n) is 2.19. The lowest BCUT2D eigenvalue weighted by molar-refractivity contribution is -0.111. The van der Waals surface area contributed by atoms with Crippen LogP contribution < -0.4 is 0 Å². The average Bonchev–Trinajstić information content (AvgIpc) is 2.16. The number of halogens is 1. The van der Waals surface area contributed by atoms with E-state index in [0.29, 0.717) is 6.42 Å². The van der Waals surface area contributed by atoms with Gasteiger partial charge in [0.25, 0.3) is 0 Å². The fourth-order valence-electron chi connectivity index (χ4n) is 1.37. The highest BCUT2D eigenvalue weighted by Crippen LogP contribution is 2.09. The molecule has 0 aliphatic carbocycles. The zero-order valence-corrected chi connectivity index (χ0v) is 9.18. The third-order valence-corrected chi connectivity index (χ3v) is 2.32. The van der Waals surface area contributed by atoms with Gasteiger partial charge in [0, 0.05) is 6.42 Å². The van der Waals surface area contributed by atoms with Crippen molar-refractivity contribution in [3.05, 3.63) is 35.4 Å². The molecule has 1 aromatic carbocycles. The van der Waals surface area contributed by atoms with E-state index in [1.807, 2.05) is 12.1 Å². The van der Waals surface area contributed by atoms with Gasteiger partial charge in [0.1, 0.15) is 0 Å². The molecule has 0 unspecified atom stereocenters. The molecule has 0 saturated heterocycles. The highest BCUT2D eigenvalue weighted by molar-refractivity contribution is 6.63. The molecule has 0 aliphatic rings. The van der Waals surface area contributed by atoms with Gasteiger partial charge in [-0.15, -0.1) is 0 Å². The highest BCUT2D eigenvalue weighted by Gasteiger charge is 1.99. The molecule has 1 nitrogen and oxygen atoms in total. The first kappa shape index (κ1) is 11.3. The molecule has 76 valence electrons. The summed E-state index contributed by atoms with van der Waals surface area (Å²) in [5.74, 6) is 0. The Morgan fingerprint density at radius 1 is 1.21 bits per heavy atom. The van der Waals surface area contributed by atoms with E-state index in [1.165, 1.54) is 18.4 Å². The Morgan fingerprint density at radius 2 is 1.79 bits per heavy atom. The molecule has 0 aromatic heterocycles. The summed E-state index contributed by atoms with van der Waals surface area (Å²) < 4.78 is 0. The quantitative estimate of drug-likeness (QED) is 0.682. The smallest absolute Gasteiger partial charge is 0.226 e. The van der Waals surface area contributed by atoms with E-state index in [0.717, 1.165) is 12.0 Å². The van der Waals surface area contributed by atoms with E-state index in [-0.39, 0.29) is 5.24 Å². The maximum atomic E-state index is 10.6. The van der Waals surface area contributed by atoms with Crippen molar-refractivity contribution in [3.63, 3.8) is 0 Å². The number of aryl methyl sites for hydroxylation is 1. The van der Waals surface area contributed by atoms with E-state index < -0.39 is 0 Å². The molecule has 2 heteroatoms. The molecule has 0 saturated carbocycles. The van der Waals surface area contributed by atoms with Gasteiger partial charge >= 0.3 is 0 Å². The van der Waals surface area contributed by atoms with Gasteiger partial charge in [0.2, 0.25) is 5.24 Å². The van der Waals surface area contributed by atoms with Crippen LogP contribution in [0.3, 0.4) is 0 Å². The summed E-state index contributed by atoms with van der Waals surface area (Å²) in [5.41, 5.74) is 2.32. The minimum atomic E-state index is -0.300.